The first-order chi connectivity index (χ1) is 8.74. The number of benzene rings is 1. The normalized spacial score (nSPS) is 19.1. The predicted molar refractivity (Wildman–Crippen MR) is 68.5 cm³/mol. The van der Waals surface area contributed by atoms with Crippen molar-refractivity contribution >= 4 is 0 Å². The van der Waals surface area contributed by atoms with Crippen molar-refractivity contribution in [3.05, 3.63) is 35.1 Å². The van der Waals surface area contributed by atoms with Crippen molar-refractivity contribution in [1.82, 2.24) is 10.2 Å². The molecule has 96 valence electrons. The number of likely N-dealkylation sites (N-methyl/N-ethyl adjacent to an activating group) is 1. The molecule has 1 aromatic carbocycles. The quantitative estimate of drug-likeness (QED) is 0.883. The summed E-state index contributed by atoms with van der Waals surface area (Å²) in [7, 11) is 0. The van der Waals surface area contributed by atoms with E-state index < -0.39 is 0 Å². The van der Waals surface area contributed by atoms with Gasteiger partial charge in [0.15, 0.2) is 0 Å². The SMILES string of the molecule is CCN(Cc1cc(F)ccc1C#N)C1CCNC1. The number of nitrogens with zero attached hydrogens (tertiary/aromatic N) is 2. The summed E-state index contributed by atoms with van der Waals surface area (Å²) in [5.41, 5.74) is 1.35. The van der Waals surface area contributed by atoms with Gasteiger partial charge in [0, 0.05) is 19.1 Å². The smallest absolute Gasteiger partial charge is 0.123 e. The van der Waals surface area contributed by atoms with Gasteiger partial charge in [0.05, 0.1) is 11.6 Å². The van der Waals surface area contributed by atoms with Crippen LogP contribution >= 0.6 is 0 Å². The Bertz CT molecular complexity index is 447. The van der Waals surface area contributed by atoms with E-state index in [0.717, 1.165) is 31.6 Å². The van der Waals surface area contributed by atoms with Crippen molar-refractivity contribution in [3.8, 4) is 6.07 Å². The van der Waals surface area contributed by atoms with Crippen molar-refractivity contribution < 1.29 is 4.39 Å². The van der Waals surface area contributed by atoms with E-state index in [2.05, 4.69) is 23.2 Å². The van der Waals surface area contributed by atoms with Crippen molar-refractivity contribution in [1.29, 1.82) is 5.26 Å². The first-order valence-electron chi connectivity index (χ1n) is 6.38. The molecule has 1 aromatic rings. The Labute approximate surface area is 107 Å². The molecule has 0 radical (unpaired) electrons. The van der Waals surface area contributed by atoms with Gasteiger partial charge in [-0.25, -0.2) is 4.39 Å². The Morgan fingerprint density at radius 2 is 2.39 bits per heavy atom. The van der Waals surface area contributed by atoms with Crippen molar-refractivity contribution in [2.45, 2.75) is 25.9 Å². The molecule has 1 aliphatic heterocycles. The largest absolute Gasteiger partial charge is 0.315 e. The Hall–Kier alpha value is -1.44. The minimum Gasteiger partial charge on any atom is -0.315 e. The molecule has 0 spiro atoms. The monoisotopic (exact) mass is 247 g/mol. The zero-order valence-corrected chi connectivity index (χ0v) is 10.6. The molecule has 0 aromatic heterocycles. The fourth-order valence-electron chi connectivity index (χ4n) is 2.47. The van der Waals surface area contributed by atoms with Crippen LogP contribution in [-0.2, 0) is 6.54 Å². The Morgan fingerprint density at radius 1 is 1.56 bits per heavy atom. The molecule has 18 heavy (non-hydrogen) atoms. The summed E-state index contributed by atoms with van der Waals surface area (Å²) < 4.78 is 13.3. The number of halogens is 1. The maximum absolute atomic E-state index is 13.3. The number of rotatable bonds is 4. The topological polar surface area (TPSA) is 39.1 Å². The van der Waals surface area contributed by atoms with Gasteiger partial charge >= 0.3 is 0 Å². The van der Waals surface area contributed by atoms with Crippen LogP contribution in [0.1, 0.15) is 24.5 Å². The Balaban J connectivity index is 2.16. The third kappa shape index (κ3) is 2.87. The molecule has 1 atom stereocenters. The van der Waals surface area contributed by atoms with E-state index in [1.54, 1.807) is 6.07 Å². The van der Waals surface area contributed by atoms with E-state index in [1.807, 2.05) is 0 Å². The summed E-state index contributed by atoms with van der Waals surface area (Å²) in [6.07, 6.45) is 1.12. The molecule has 1 fully saturated rings. The van der Waals surface area contributed by atoms with Gasteiger partial charge in [-0.2, -0.15) is 5.26 Å². The molecule has 1 saturated heterocycles. The third-order valence-electron chi connectivity index (χ3n) is 3.52. The third-order valence-corrected chi connectivity index (χ3v) is 3.52. The molecule has 1 N–H and O–H groups in total. The van der Waals surface area contributed by atoms with Gasteiger partial charge in [0.2, 0.25) is 0 Å². The molecule has 0 aliphatic carbocycles. The highest BCUT2D eigenvalue weighted by molar-refractivity contribution is 5.37. The summed E-state index contributed by atoms with van der Waals surface area (Å²) in [5, 5.41) is 12.4. The molecular weight excluding hydrogens is 229 g/mol. The fourth-order valence-corrected chi connectivity index (χ4v) is 2.47. The summed E-state index contributed by atoms with van der Waals surface area (Å²) in [5.74, 6) is -0.274. The number of hydrogen-bond donors (Lipinski definition) is 1. The average molecular weight is 247 g/mol. The van der Waals surface area contributed by atoms with Gasteiger partial charge in [0.25, 0.3) is 0 Å². The van der Waals surface area contributed by atoms with Crippen LogP contribution in [0.2, 0.25) is 0 Å². The van der Waals surface area contributed by atoms with E-state index in [-0.39, 0.29) is 5.82 Å². The van der Waals surface area contributed by atoms with Crippen LogP contribution in [0.15, 0.2) is 18.2 Å². The minimum atomic E-state index is -0.274. The van der Waals surface area contributed by atoms with Crippen molar-refractivity contribution in [2.75, 3.05) is 19.6 Å². The molecular formula is C14H18FN3. The second-order valence-corrected chi connectivity index (χ2v) is 4.62. The highest BCUT2D eigenvalue weighted by atomic mass is 19.1. The fraction of sp³-hybridized carbons (Fsp3) is 0.500. The molecule has 4 heteroatoms. The Kier molecular flexibility index (Phi) is 4.29. The van der Waals surface area contributed by atoms with Crippen LogP contribution in [0.25, 0.3) is 0 Å². The first kappa shape index (κ1) is 13.0. The summed E-state index contributed by atoms with van der Waals surface area (Å²) >= 11 is 0. The molecule has 0 amide bonds. The number of hydrogen-bond acceptors (Lipinski definition) is 3. The minimum absolute atomic E-state index is 0.274. The van der Waals surface area contributed by atoms with Crippen molar-refractivity contribution in [2.24, 2.45) is 0 Å². The first-order valence-corrected chi connectivity index (χ1v) is 6.38. The molecule has 1 aliphatic rings. The van der Waals surface area contributed by atoms with E-state index in [1.165, 1.54) is 12.1 Å². The summed E-state index contributed by atoms with van der Waals surface area (Å²) in [4.78, 5) is 2.30. The zero-order chi connectivity index (χ0) is 13.0. The molecule has 3 nitrogen and oxygen atoms in total. The number of nitriles is 1. The van der Waals surface area contributed by atoms with E-state index in [4.69, 9.17) is 5.26 Å². The van der Waals surface area contributed by atoms with Gasteiger partial charge in [-0.3, -0.25) is 4.90 Å². The van der Waals surface area contributed by atoms with E-state index in [0.29, 0.717) is 18.2 Å². The van der Waals surface area contributed by atoms with Gasteiger partial charge in [0.1, 0.15) is 5.82 Å². The molecule has 2 rings (SSSR count). The van der Waals surface area contributed by atoms with Crippen LogP contribution in [0.3, 0.4) is 0 Å². The summed E-state index contributed by atoms with van der Waals surface area (Å²) in [6, 6.07) is 7.00. The van der Waals surface area contributed by atoms with Crippen LogP contribution < -0.4 is 5.32 Å². The molecule has 0 saturated carbocycles. The standard InChI is InChI=1S/C14H18FN3/c1-2-18(14-5-6-17-9-14)10-12-7-13(15)4-3-11(12)8-16/h3-4,7,14,17H,2,5-6,9-10H2,1H3. The van der Waals surface area contributed by atoms with E-state index >= 15 is 0 Å². The van der Waals surface area contributed by atoms with Crippen LogP contribution in [0.5, 0.6) is 0 Å². The van der Waals surface area contributed by atoms with Gasteiger partial charge in [-0.15, -0.1) is 0 Å². The van der Waals surface area contributed by atoms with Crippen molar-refractivity contribution in [3.63, 3.8) is 0 Å². The number of nitrogens with one attached hydrogen (secondary N) is 1. The van der Waals surface area contributed by atoms with Gasteiger partial charge in [-0.1, -0.05) is 6.92 Å². The average Bonchev–Trinajstić information content (AvgIpc) is 2.90. The lowest BCUT2D eigenvalue weighted by Gasteiger charge is -2.27. The van der Waals surface area contributed by atoms with E-state index in [9.17, 15) is 4.39 Å². The van der Waals surface area contributed by atoms with Crippen LogP contribution in [-0.4, -0.2) is 30.6 Å². The second kappa shape index (κ2) is 5.94. The van der Waals surface area contributed by atoms with Crippen LogP contribution in [0.4, 0.5) is 4.39 Å². The molecule has 1 heterocycles. The maximum atomic E-state index is 13.3. The van der Waals surface area contributed by atoms with Gasteiger partial charge in [-0.05, 0) is 43.3 Å². The lowest BCUT2D eigenvalue weighted by molar-refractivity contribution is 0.210. The predicted octanol–water partition coefficient (Wildman–Crippen LogP) is 1.88. The summed E-state index contributed by atoms with van der Waals surface area (Å²) in [6.45, 7) is 5.67. The molecule has 0 bridgehead atoms. The lowest BCUT2D eigenvalue weighted by Crippen LogP contribution is -2.36. The Morgan fingerprint density at radius 3 is 3.00 bits per heavy atom. The maximum Gasteiger partial charge on any atom is 0.123 e. The highest BCUT2D eigenvalue weighted by Crippen LogP contribution is 2.17. The molecule has 1 unspecified atom stereocenters. The second-order valence-electron chi connectivity index (χ2n) is 4.62. The van der Waals surface area contributed by atoms with Crippen LogP contribution in [0, 0.1) is 17.1 Å². The lowest BCUT2D eigenvalue weighted by atomic mass is 10.1. The zero-order valence-electron chi connectivity index (χ0n) is 10.6. The highest BCUT2D eigenvalue weighted by Gasteiger charge is 2.21. The van der Waals surface area contributed by atoms with Gasteiger partial charge < -0.3 is 5.32 Å².